The Kier molecular flexibility index (Phi) is 6.89. The molecule has 1 heterocycles. The molecule has 0 aliphatic carbocycles. The van der Waals surface area contributed by atoms with Gasteiger partial charge in [-0.1, -0.05) is 62.2 Å². The van der Waals surface area contributed by atoms with Crippen LogP contribution < -0.4 is 5.43 Å². The molecule has 22 heavy (non-hydrogen) atoms. The Morgan fingerprint density at radius 3 is 2.64 bits per heavy atom. The zero-order chi connectivity index (χ0) is 15.5. The number of hydrogen-bond acceptors (Lipinski definition) is 3. The zero-order valence-corrected chi connectivity index (χ0v) is 13.1. The summed E-state index contributed by atoms with van der Waals surface area (Å²) in [6.45, 7) is 2.22. The molecule has 0 amide bonds. The predicted molar refractivity (Wildman–Crippen MR) is 94.9 cm³/mol. The van der Waals surface area contributed by atoms with E-state index in [1.807, 2.05) is 30.5 Å². The number of unbranched alkanes of at least 4 members (excludes halogenated alkanes) is 2. The van der Waals surface area contributed by atoms with Crippen LogP contribution in [0.2, 0.25) is 0 Å². The summed E-state index contributed by atoms with van der Waals surface area (Å²) in [4.78, 5) is 4.19. The Hall–Kier alpha value is -2.42. The van der Waals surface area contributed by atoms with Crippen molar-refractivity contribution in [1.29, 1.82) is 0 Å². The quantitative estimate of drug-likeness (QED) is 0.415. The molecule has 1 aromatic carbocycles. The largest absolute Gasteiger partial charge is 0.261 e. The first-order valence-electron chi connectivity index (χ1n) is 7.84. The molecule has 1 aromatic heterocycles. The lowest BCUT2D eigenvalue weighted by molar-refractivity contribution is 0.724. The second-order valence-corrected chi connectivity index (χ2v) is 5.17. The van der Waals surface area contributed by atoms with Gasteiger partial charge in [-0.15, -0.1) is 0 Å². The van der Waals surface area contributed by atoms with E-state index in [2.05, 4.69) is 52.8 Å². The van der Waals surface area contributed by atoms with E-state index in [1.165, 1.54) is 30.4 Å². The highest BCUT2D eigenvalue weighted by atomic mass is 15.3. The fourth-order valence-corrected chi connectivity index (χ4v) is 2.13. The van der Waals surface area contributed by atoms with Crippen molar-refractivity contribution < 1.29 is 0 Å². The molecular formula is C19H23N3. The molecule has 0 fully saturated rings. The van der Waals surface area contributed by atoms with Crippen LogP contribution in [0.3, 0.4) is 0 Å². The van der Waals surface area contributed by atoms with Crippen molar-refractivity contribution in [2.45, 2.75) is 32.6 Å². The number of hydrazone groups is 1. The summed E-state index contributed by atoms with van der Waals surface area (Å²) in [5.41, 5.74) is 5.40. The van der Waals surface area contributed by atoms with Gasteiger partial charge < -0.3 is 0 Å². The fraction of sp³-hybridized carbons (Fsp3) is 0.263. The molecule has 3 heteroatoms. The van der Waals surface area contributed by atoms with Gasteiger partial charge in [-0.05, 0) is 36.1 Å². The third kappa shape index (κ3) is 5.92. The van der Waals surface area contributed by atoms with Crippen LogP contribution in [0.4, 0.5) is 5.82 Å². The van der Waals surface area contributed by atoms with Crippen molar-refractivity contribution >= 4 is 18.1 Å². The van der Waals surface area contributed by atoms with E-state index in [-0.39, 0.29) is 0 Å². The Morgan fingerprint density at radius 2 is 1.91 bits per heavy atom. The number of nitrogens with zero attached hydrogens (tertiary/aromatic N) is 2. The van der Waals surface area contributed by atoms with E-state index < -0.39 is 0 Å². The van der Waals surface area contributed by atoms with Crippen LogP contribution in [-0.2, 0) is 0 Å². The first kappa shape index (κ1) is 16.0. The van der Waals surface area contributed by atoms with E-state index in [1.54, 1.807) is 6.20 Å². The molecule has 0 aliphatic rings. The Labute approximate surface area is 132 Å². The van der Waals surface area contributed by atoms with Gasteiger partial charge >= 0.3 is 0 Å². The lowest BCUT2D eigenvalue weighted by atomic mass is 10.1. The first-order valence-corrected chi connectivity index (χ1v) is 7.84. The van der Waals surface area contributed by atoms with E-state index >= 15 is 0 Å². The van der Waals surface area contributed by atoms with Crippen LogP contribution in [0.5, 0.6) is 0 Å². The van der Waals surface area contributed by atoms with E-state index in [4.69, 9.17) is 0 Å². The molecule has 0 bridgehead atoms. The van der Waals surface area contributed by atoms with Crippen molar-refractivity contribution in [1.82, 2.24) is 4.98 Å². The highest BCUT2D eigenvalue weighted by molar-refractivity contribution is 5.85. The lowest BCUT2D eigenvalue weighted by Gasteiger charge is -2.03. The van der Waals surface area contributed by atoms with Gasteiger partial charge in [-0.2, -0.15) is 5.10 Å². The minimum Gasteiger partial charge on any atom is -0.261 e. The molecule has 0 saturated carbocycles. The van der Waals surface area contributed by atoms with Crippen LogP contribution in [0, 0.1) is 0 Å². The summed E-state index contributed by atoms with van der Waals surface area (Å²) in [5, 5.41) is 4.31. The maximum atomic E-state index is 4.31. The van der Waals surface area contributed by atoms with E-state index in [0.717, 1.165) is 12.2 Å². The number of pyridine rings is 1. The van der Waals surface area contributed by atoms with Crippen molar-refractivity contribution in [2.75, 3.05) is 5.43 Å². The summed E-state index contributed by atoms with van der Waals surface area (Å²) >= 11 is 0. The normalized spacial score (nSPS) is 11.8. The molecule has 2 rings (SSSR count). The molecule has 0 aliphatic heterocycles. The van der Waals surface area contributed by atoms with Crippen LogP contribution in [-0.4, -0.2) is 11.2 Å². The van der Waals surface area contributed by atoms with Gasteiger partial charge in [0.05, 0.1) is 6.21 Å². The van der Waals surface area contributed by atoms with Gasteiger partial charge in [0.15, 0.2) is 0 Å². The number of anilines is 1. The second kappa shape index (κ2) is 9.50. The number of benzene rings is 1. The highest BCUT2D eigenvalue weighted by Crippen LogP contribution is 2.12. The van der Waals surface area contributed by atoms with Crippen molar-refractivity contribution in [2.24, 2.45) is 5.10 Å². The number of rotatable bonds is 8. The molecular weight excluding hydrogens is 270 g/mol. The summed E-state index contributed by atoms with van der Waals surface area (Å²) < 4.78 is 0. The molecule has 3 nitrogen and oxygen atoms in total. The first-order chi connectivity index (χ1) is 10.9. The van der Waals surface area contributed by atoms with Gasteiger partial charge in [0.25, 0.3) is 0 Å². The van der Waals surface area contributed by atoms with Crippen LogP contribution in [0.15, 0.2) is 65.4 Å². The lowest BCUT2D eigenvalue weighted by Crippen LogP contribution is -1.94. The van der Waals surface area contributed by atoms with Gasteiger partial charge in [-0.3, -0.25) is 5.43 Å². The predicted octanol–water partition coefficient (Wildman–Crippen LogP) is 5.14. The molecule has 114 valence electrons. The van der Waals surface area contributed by atoms with Crippen molar-refractivity contribution in [3.05, 3.63) is 65.9 Å². The smallest absolute Gasteiger partial charge is 0.146 e. The monoisotopic (exact) mass is 293 g/mol. The second-order valence-electron chi connectivity index (χ2n) is 5.17. The van der Waals surface area contributed by atoms with Crippen molar-refractivity contribution in [3.8, 4) is 0 Å². The average molecular weight is 293 g/mol. The average Bonchev–Trinajstić information content (AvgIpc) is 2.57. The maximum Gasteiger partial charge on any atom is 0.146 e. The van der Waals surface area contributed by atoms with E-state index in [9.17, 15) is 0 Å². The van der Waals surface area contributed by atoms with Crippen LogP contribution in [0.1, 0.15) is 38.2 Å². The molecule has 0 spiro atoms. The third-order valence-corrected chi connectivity index (χ3v) is 3.30. The minimum atomic E-state index is 0.756. The fourth-order valence-electron chi connectivity index (χ4n) is 2.13. The standard InChI is InChI=1S/C19H23N3/c1-2-3-5-12-18(15-17-10-6-4-7-11-17)16-21-22-19-13-8-9-14-20-19/h4,6-11,13-16H,2-3,5,12H2,1H3,(H,20,22)/b18-15?,21-16+. The highest BCUT2D eigenvalue weighted by Gasteiger charge is 1.96. The van der Waals surface area contributed by atoms with Gasteiger partial charge in [0.2, 0.25) is 0 Å². The maximum absolute atomic E-state index is 4.31. The molecule has 0 saturated heterocycles. The number of allylic oxidation sites excluding steroid dienone is 1. The molecule has 2 aromatic rings. The number of nitrogens with one attached hydrogen (secondary N) is 1. The zero-order valence-electron chi connectivity index (χ0n) is 13.1. The number of aromatic nitrogens is 1. The minimum absolute atomic E-state index is 0.756. The topological polar surface area (TPSA) is 37.3 Å². The Bertz CT molecular complexity index is 589. The molecule has 1 N–H and O–H groups in total. The summed E-state index contributed by atoms with van der Waals surface area (Å²) in [6.07, 6.45) is 10.5. The van der Waals surface area contributed by atoms with Crippen molar-refractivity contribution in [3.63, 3.8) is 0 Å². The molecule has 0 atom stereocenters. The van der Waals surface area contributed by atoms with Gasteiger partial charge in [0.1, 0.15) is 5.82 Å². The summed E-state index contributed by atoms with van der Waals surface area (Å²) in [5.74, 6) is 0.756. The SMILES string of the molecule is CCCCCC(=Cc1ccccc1)/C=N/Nc1ccccn1. The van der Waals surface area contributed by atoms with Gasteiger partial charge in [0, 0.05) is 6.20 Å². The number of hydrogen-bond donors (Lipinski definition) is 1. The van der Waals surface area contributed by atoms with E-state index in [0.29, 0.717) is 0 Å². The Morgan fingerprint density at radius 1 is 1.09 bits per heavy atom. The van der Waals surface area contributed by atoms with Gasteiger partial charge in [-0.25, -0.2) is 4.98 Å². The summed E-state index contributed by atoms with van der Waals surface area (Å²) in [7, 11) is 0. The van der Waals surface area contributed by atoms with Crippen LogP contribution >= 0.6 is 0 Å². The molecule has 0 radical (unpaired) electrons. The Balaban J connectivity index is 2.02. The molecule has 0 unspecified atom stereocenters. The third-order valence-electron chi connectivity index (χ3n) is 3.30. The van der Waals surface area contributed by atoms with Crippen LogP contribution in [0.25, 0.3) is 6.08 Å². The summed E-state index contributed by atoms with van der Waals surface area (Å²) in [6, 6.07) is 16.1.